The van der Waals surface area contributed by atoms with Crippen molar-refractivity contribution in [1.29, 1.82) is 0 Å². The smallest absolute Gasteiger partial charge is 0.337 e. The van der Waals surface area contributed by atoms with Crippen molar-refractivity contribution in [2.24, 2.45) is 0 Å². The van der Waals surface area contributed by atoms with Gasteiger partial charge in [0.2, 0.25) is 0 Å². The number of Topliss-reactive ketones (excluding diaryl/α,β-unsaturated/α-hetero) is 1. The number of likely N-dealkylation sites (N-methyl/N-ethyl adjacent to an activating group) is 1. The zero-order valence-electron chi connectivity index (χ0n) is 21.2. The summed E-state index contributed by atoms with van der Waals surface area (Å²) in [7, 11) is 4.26. The number of ketones is 1. The van der Waals surface area contributed by atoms with Crippen LogP contribution in [0.25, 0.3) is 5.76 Å². The number of hydrogen-bond acceptors (Lipinski definition) is 8. The number of benzene rings is 2. The molecule has 192 valence electrons. The topological polar surface area (TPSA) is 106 Å². The normalized spacial score (nSPS) is 16.9. The third-order valence-corrected chi connectivity index (χ3v) is 6.40. The van der Waals surface area contributed by atoms with Crippen molar-refractivity contribution in [2.75, 3.05) is 47.5 Å². The average molecular weight is 497 g/mol. The molecule has 2 aromatic rings. The van der Waals surface area contributed by atoms with E-state index in [0.717, 1.165) is 13.1 Å². The molecule has 36 heavy (non-hydrogen) atoms. The zero-order chi connectivity index (χ0) is 26.4. The second-order valence-electron chi connectivity index (χ2n) is 8.20. The Morgan fingerprint density at radius 3 is 2.11 bits per heavy atom. The van der Waals surface area contributed by atoms with Crippen molar-refractivity contribution in [2.45, 2.75) is 19.9 Å². The highest BCUT2D eigenvalue weighted by atomic mass is 16.5. The highest BCUT2D eigenvalue weighted by Gasteiger charge is 2.46. The number of esters is 1. The van der Waals surface area contributed by atoms with E-state index >= 15 is 0 Å². The van der Waals surface area contributed by atoms with Crippen molar-refractivity contribution in [3.8, 4) is 11.5 Å². The molecule has 1 aliphatic heterocycles. The SMILES string of the molecule is CCN(CC)CCN1C(=O)C(=O)C(=C(O)c2ccc(OC)c(OC)c2)[C@@H]1c1ccc(C(=O)OC)cc1. The van der Waals surface area contributed by atoms with E-state index < -0.39 is 23.7 Å². The molecule has 3 rings (SSSR count). The first-order valence-corrected chi connectivity index (χ1v) is 11.7. The lowest BCUT2D eigenvalue weighted by Crippen LogP contribution is -2.38. The number of amides is 1. The van der Waals surface area contributed by atoms with Gasteiger partial charge in [-0.1, -0.05) is 26.0 Å². The Balaban J connectivity index is 2.13. The molecule has 0 radical (unpaired) electrons. The van der Waals surface area contributed by atoms with E-state index in [1.54, 1.807) is 42.5 Å². The van der Waals surface area contributed by atoms with E-state index in [1.807, 2.05) is 13.8 Å². The lowest BCUT2D eigenvalue weighted by atomic mass is 9.94. The van der Waals surface area contributed by atoms with Crippen LogP contribution >= 0.6 is 0 Å². The molecule has 2 aromatic carbocycles. The van der Waals surface area contributed by atoms with Gasteiger partial charge in [0.05, 0.1) is 38.5 Å². The van der Waals surface area contributed by atoms with Gasteiger partial charge in [0.15, 0.2) is 11.5 Å². The van der Waals surface area contributed by atoms with E-state index in [2.05, 4.69) is 4.90 Å². The number of carbonyl (C=O) groups excluding carboxylic acids is 3. The molecular weight excluding hydrogens is 464 g/mol. The Hall–Kier alpha value is -3.85. The average Bonchev–Trinajstić information content (AvgIpc) is 3.17. The number of ether oxygens (including phenoxy) is 3. The quantitative estimate of drug-likeness (QED) is 0.231. The molecule has 0 saturated carbocycles. The molecule has 1 saturated heterocycles. The van der Waals surface area contributed by atoms with Gasteiger partial charge in [-0.15, -0.1) is 0 Å². The summed E-state index contributed by atoms with van der Waals surface area (Å²) < 4.78 is 15.4. The van der Waals surface area contributed by atoms with E-state index in [0.29, 0.717) is 41.3 Å². The zero-order valence-corrected chi connectivity index (χ0v) is 21.2. The van der Waals surface area contributed by atoms with Crippen LogP contribution in [0.4, 0.5) is 0 Å². The number of rotatable bonds is 10. The Morgan fingerprint density at radius 1 is 0.944 bits per heavy atom. The number of aliphatic hydroxyl groups is 1. The van der Waals surface area contributed by atoms with Crippen LogP contribution in [0.3, 0.4) is 0 Å². The number of likely N-dealkylation sites (tertiary alicyclic amines) is 1. The molecule has 0 aliphatic carbocycles. The van der Waals surface area contributed by atoms with Crippen molar-refractivity contribution in [3.05, 3.63) is 64.7 Å². The fourth-order valence-corrected chi connectivity index (χ4v) is 4.30. The van der Waals surface area contributed by atoms with Crippen molar-refractivity contribution in [1.82, 2.24) is 9.80 Å². The lowest BCUT2D eigenvalue weighted by molar-refractivity contribution is -0.140. The number of hydrogen-bond donors (Lipinski definition) is 1. The molecular formula is C27H32N2O7. The third-order valence-electron chi connectivity index (χ3n) is 6.40. The molecule has 1 aliphatic rings. The summed E-state index contributed by atoms with van der Waals surface area (Å²) in [4.78, 5) is 41.9. The van der Waals surface area contributed by atoms with Gasteiger partial charge >= 0.3 is 5.97 Å². The minimum absolute atomic E-state index is 0.0300. The Kier molecular flexibility index (Phi) is 8.71. The summed E-state index contributed by atoms with van der Waals surface area (Å²) in [5, 5.41) is 11.3. The van der Waals surface area contributed by atoms with Crippen LogP contribution in [-0.2, 0) is 14.3 Å². The predicted molar refractivity (Wildman–Crippen MR) is 134 cm³/mol. The number of aliphatic hydroxyl groups excluding tert-OH is 1. The number of nitrogens with zero attached hydrogens (tertiary/aromatic N) is 2. The molecule has 0 unspecified atom stereocenters. The molecule has 0 bridgehead atoms. The molecule has 1 amide bonds. The van der Waals surface area contributed by atoms with Crippen molar-refractivity contribution in [3.63, 3.8) is 0 Å². The van der Waals surface area contributed by atoms with E-state index in [9.17, 15) is 19.5 Å². The molecule has 1 heterocycles. The maximum absolute atomic E-state index is 13.2. The monoisotopic (exact) mass is 496 g/mol. The fraction of sp³-hybridized carbons (Fsp3) is 0.370. The first-order valence-electron chi connectivity index (χ1n) is 11.7. The van der Waals surface area contributed by atoms with Gasteiger partial charge in [0, 0.05) is 18.7 Å². The first kappa shape index (κ1) is 26.7. The molecule has 9 nitrogen and oxygen atoms in total. The lowest BCUT2D eigenvalue weighted by Gasteiger charge is -2.28. The van der Waals surface area contributed by atoms with Crippen molar-refractivity contribution >= 4 is 23.4 Å². The van der Waals surface area contributed by atoms with Crippen LogP contribution < -0.4 is 9.47 Å². The number of carbonyl (C=O) groups is 3. The van der Waals surface area contributed by atoms with Crippen LogP contribution in [-0.4, -0.2) is 80.1 Å². The maximum Gasteiger partial charge on any atom is 0.337 e. The minimum atomic E-state index is -0.833. The highest BCUT2D eigenvalue weighted by molar-refractivity contribution is 6.46. The standard InChI is InChI=1S/C27H32N2O7/c1-6-28(7-2)14-15-29-23(17-8-10-18(11-9-17)27(33)36-5)22(25(31)26(29)32)24(30)19-12-13-20(34-3)21(16-19)35-4/h8-13,16,23,30H,6-7,14-15H2,1-5H3/t23-/m0/s1. The minimum Gasteiger partial charge on any atom is -0.507 e. The van der Waals surface area contributed by atoms with Crippen LogP contribution in [0.15, 0.2) is 48.0 Å². The summed E-state index contributed by atoms with van der Waals surface area (Å²) in [6.45, 7) is 6.50. The second-order valence-corrected chi connectivity index (χ2v) is 8.20. The largest absolute Gasteiger partial charge is 0.507 e. The van der Waals surface area contributed by atoms with Crippen LogP contribution in [0.5, 0.6) is 11.5 Å². The maximum atomic E-state index is 13.2. The summed E-state index contributed by atoms with van der Waals surface area (Å²) in [6.07, 6.45) is 0. The second kappa shape index (κ2) is 11.7. The molecule has 1 N–H and O–H groups in total. The van der Waals surface area contributed by atoms with Gasteiger partial charge in [0.25, 0.3) is 11.7 Å². The van der Waals surface area contributed by atoms with Gasteiger partial charge in [-0.25, -0.2) is 4.79 Å². The Labute approximate surface area is 210 Å². The molecule has 1 atom stereocenters. The van der Waals surface area contributed by atoms with Gasteiger partial charge in [-0.2, -0.15) is 0 Å². The Morgan fingerprint density at radius 2 is 1.56 bits per heavy atom. The first-order chi connectivity index (χ1) is 17.3. The summed E-state index contributed by atoms with van der Waals surface area (Å²) in [5.74, 6) is -1.45. The summed E-state index contributed by atoms with van der Waals surface area (Å²) in [5.41, 5.74) is 1.20. The van der Waals surface area contributed by atoms with E-state index in [4.69, 9.17) is 14.2 Å². The summed E-state index contributed by atoms with van der Waals surface area (Å²) in [6, 6.07) is 10.4. The Bertz CT molecular complexity index is 1150. The summed E-state index contributed by atoms with van der Waals surface area (Å²) >= 11 is 0. The van der Waals surface area contributed by atoms with Gasteiger partial charge in [-0.05, 0) is 49.0 Å². The highest BCUT2D eigenvalue weighted by Crippen LogP contribution is 2.40. The van der Waals surface area contributed by atoms with Gasteiger partial charge < -0.3 is 29.1 Å². The van der Waals surface area contributed by atoms with Crippen LogP contribution in [0.2, 0.25) is 0 Å². The van der Waals surface area contributed by atoms with E-state index in [1.165, 1.54) is 26.2 Å². The molecule has 9 heteroatoms. The fourth-order valence-electron chi connectivity index (χ4n) is 4.30. The van der Waals surface area contributed by atoms with Gasteiger partial charge in [-0.3, -0.25) is 9.59 Å². The van der Waals surface area contributed by atoms with Crippen LogP contribution in [0.1, 0.15) is 41.4 Å². The molecule has 1 fully saturated rings. The molecule has 0 aromatic heterocycles. The van der Waals surface area contributed by atoms with Crippen LogP contribution in [0, 0.1) is 0 Å². The van der Waals surface area contributed by atoms with E-state index in [-0.39, 0.29) is 11.3 Å². The third kappa shape index (κ3) is 5.21. The predicted octanol–water partition coefficient (Wildman–Crippen LogP) is 3.25. The van der Waals surface area contributed by atoms with Gasteiger partial charge in [0.1, 0.15) is 5.76 Å². The van der Waals surface area contributed by atoms with Crippen molar-refractivity contribution < 1.29 is 33.7 Å². The molecule has 0 spiro atoms. The number of methoxy groups -OCH3 is 3.